The monoisotopic (exact) mass is 237 g/mol. The molecule has 2 saturated heterocycles. The molecule has 1 spiro atoms. The molecule has 0 amide bonds. The summed E-state index contributed by atoms with van der Waals surface area (Å²) in [7, 11) is 0. The molecule has 0 N–H and O–H groups in total. The molecule has 0 radical (unpaired) electrons. The lowest BCUT2D eigenvalue weighted by Crippen LogP contribution is -2.72. The van der Waals surface area contributed by atoms with Gasteiger partial charge in [0.1, 0.15) is 5.00 Å². The second-order valence-corrected chi connectivity index (χ2v) is 6.14. The van der Waals surface area contributed by atoms with Crippen LogP contribution in [0, 0.1) is 12.3 Å². The fourth-order valence-electron chi connectivity index (χ4n) is 3.08. The van der Waals surface area contributed by atoms with Gasteiger partial charge in [0.15, 0.2) is 0 Å². The average molecular weight is 237 g/mol. The van der Waals surface area contributed by atoms with Crippen molar-refractivity contribution < 1.29 is 0 Å². The molecule has 2 aliphatic rings. The maximum Gasteiger partial charge on any atom is 0.114 e. The van der Waals surface area contributed by atoms with E-state index in [1.54, 1.807) is 11.3 Å². The summed E-state index contributed by atoms with van der Waals surface area (Å²) >= 11 is 1.78. The third-order valence-corrected chi connectivity index (χ3v) is 4.71. The molecule has 0 aromatic carbocycles. The number of hydrogen-bond acceptors (Lipinski definition) is 4. The van der Waals surface area contributed by atoms with Crippen LogP contribution in [0.2, 0.25) is 0 Å². The predicted molar refractivity (Wildman–Crippen MR) is 68.2 cm³/mol. The molecule has 1 aromatic heterocycles. The lowest BCUT2D eigenvalue weighted by Gasteiger charge is -2.60. The van der Waals surface area contributed by atoms with Crippen LogP contribution in [0.4, 0.5) is 5.00 Å². The summed E-state index contributed by atoms with van der Waals surface area (Å²) in [5.74, 6) is 0. The van der Waals surface area contributed by atoms with E-state index in [0.29, 0.717) is 5.41 Å². The Morgan fingerprint density at radius 3 is 2.69 bits per heavy atom. The normalized spacial score (nSPS) is 23.2. The van der Waals surface area contributed by atoms with Crippen molar-refractivity contribution in [3.63, 3.8) is 0 Å². The molecule has 1 aromatic rings. The minimum absolute atomic E-state index is 0.631. The van der Waals surface area contributed by atoms with Crippen molar-refractivity contribution in [1.82, 2.24) is 9.88 Å². The van der Waals surface area contributed by atoms with E-state index in [-0.39, 0.29) is 0 Å². The zero-order chi connectivity index (χ0) is 11.2. The first-order chi connectivity index (χ1) is 7.72. The SMILES string of the molecule is CCCN1CC2(C1)CN(c1scnc1C)C2. The van der Waals surface area contributed by atoms with Gasteiger partial charge in [-0.2, -0.15) is 0 Å². The largest absolute Gasteiger partial charge is 0.360 e. The number of hydrogen-bond donors (Lipinski definition) is 0. The van der Waals surface area contributed by atoms with Crippen LogP contribution in [0.1, 0.15) is 19.0 Å². The minimum Gasteiger partial charge on any atom is -0.360 e. The van der Waals surface area contributed by atoms with E-state index in [9.17, 15) is 0 Å². The Balaban J connectivity index is 1.55. The maximum absolute atomic E-state index is 4.32. The zero-order valence-corrected chi connectivity index (χ0v) is 10.9. The molecule has 0 bridgehead atoms. The lowest BCUT2D eigenvalue weighted by molar-refractivity contribution is -0.0210. The van der Waals surface area contributed by atoms with Gasteiger partial charge in [0.05, 0.1) is 11.2 Å². The molecule has 3 rings (SSSR count). The first kappa shape index (κ1) is 10.5. The van der Waals surface area contributed by atoms with Crippen molar-refractivity contribution in [2.75, 3.05) is 37.6 Å². The molecule has 2 aliphatic heterocycles. The van der Waals surface area contributed by atoms with Gasteiger partial charge in [0.25, 0.3) is 0 Å². The van der Waals surface area contributed by atoms with E-state index in [4.69, 9.17) is 0 Å². The summed E-state index contributed by atoms with van der Waals surface area (Å²) in [4.78, 5) is 9.40. The Morgan fingerprint density at radius 1 is 1.38 bits per heavy atom. The Morgan fingerprint density at radius 2 is 2.12 bits per heavy atom. The van der Waals surface area contributed by atoms with Crippen molar-refractivity contribution in [3.05, 3.63) is 11.2 Å². The number of thiazole rings is 1. The second kappa shape index (κ2) is 3.70. The van der Waals surface area contributed by atoms with E-state index < -0.39 is 0 Å². The van der Waals surface area contributed by atoms with Gasteiger partial charge in [0.2, 0.25) is 0 Å². The summed E-state index contributed by atoms with van der Waals surface area (Å²) < 4.78 is 0. The summed E-state index contributed by atoms with van der Waals surface area (Å²) in [6.07, 6.45) is 1.29. The van der Waals surface area contributed by atoms with E-state index >= 15 is 0 Å². The van der Waals surface area contributed by atoms with Gasteiger partial charge in [-0.1, -0.05) is 6.92 Å². The number of nitrogens with zero attached hydrogens (tertiary/aromatic N) is 3. The zero-order valence-electron chi connectivity index (χ0n) is 10.1. The van der Waals surface area contributed by atoms with E-state index in [0.717, 1.165) is 0 Å². The van der Waals surface area contributed by atoms with Gasteiger partial charge in [-0.05, 0) is 19.9 Å². The number of aromatic nitrogens is 1. The van der Waals surface area contributed by atoms with Crippen LogP contribution < -0.4 is 4.90 Å². The molecule has 16 heavy (non-hydrogen) atoms. The summed E-state index contributed by atoms with van der Waals surface area (Å²) in [6.45, 7) is 10.8. The third kappa shape index (κ3) is 1.55. The van der Waals surface area contributed by atoms with Crippen molar-refractivity contribution >= 4 is 16.3 Å². The van der Waals surface area contributed by atoms with Crippen LogP contribution in [0.5, 0.6) is 0 Å². The first-order valence-corrected chi connectivity index (χ1v) is 6.98. The third-order valence-electron chi connectivity index (χ3n) is 3.72. The van der Waals surface area contributed by atoms with Crippen molar-refractivity contribution in [2.45, 2.75) is 20.3 Å². The second-order valence-electron chi connectivity index (χ2n) is 5.31. The topological polar surface area (TPSA) is 19.4 Å². The van der Waals surface area contributed by atoms with E-state index in [1.165, 1.54) is 49.8 Å². The number of anilines is 1. The Bertz CT molecular complexity index is 373. The molecular formula is C12H19N3S. The van der Waals surface area contributed by atoms with Crippen LogP contribution in [0.25, 0.3) is 0 Å². The molecular weight excluding hydrogens is 218 g/mol. The quantitative estimate of drug-likeness (QED) is 0.801. The summed E-state index contributed by atoms with van der Waals surface area (Å²) in [5, 5.41) is 1.39. The van der Waals surface area contributed by atoms with Crippen LogP contribution >= 0.6 is 11.3 Å². The Labute approximate surface area is 101 Å². The molecule has 3 nitrogen and oxygen atoms in total. The Kier molecular flexibility index (Phi) is 2.44. The highest BCUT2D eigenvalue weighted by Crippen LogP contribution is 2.43. The van der Waals surface area contributed by atoms with Gasteiger partial charge in [-0.15, -0.1) is 11.3 Å². The minimum atomic E-state index is 0.631. The molecule has 4 heteroatoms. The molecule has 0 atom stereocenters. The van der Waals surface area contributed by atoms with Gasteiger partial charge < -0.3 is 9.80 Å². The van der Waals surface area contributed by atoms with E-state index in [1.807, 2.05) is 5.51 Å². The number of likely N-dealkylation sites (tertiary alicyclic amines) is 1. The molecule has 3 heterocycles. The maximum atomic E-state index is 4.32. The smallest absolute Gasteiger partial charge is 0.114 e. The highest BCUT2D eigenvalue weighted by Gasteiger charge is 2.51. The van der Waals surface area contributed by atoms with Gasteiger partial charge >= 0.3 is 0 Å². The van der Waals surface area contributed by atoms with Gasteiger partial charge in [0, 0.05) is 31.6 Å². The van der Waals surface area contributed by atoms with Crippen LogP contribution in [-0.2, 0) is 0 Å². The van der Waals surface area contributed by atoms with Crippen molar-refractivity contribution in [2.24, 2.45) is 5.41 Å². The first-order valence-electron chi connectivity index (χ1n) is 6.10. The molecule has 0 unspecified atom stereocenters. The standard InChI is InChI=1S/C12H19N3S/c1-3-4-14-5-12(6-14)7-15(8-12)11-10(2)13-9-16-11/h9H,3-8H2,1-2H3. The van der Waals surface area contributed by atoms with Crippen LogP contribution in [0.15, 0.2) is 5.51 Å². The fraction of sp³-hybridized carbons (Fsp3) is 0.750. The van der Waals surface area contributed by atoms with Crippen LogP contribution in [-0.4, -0.2) is 42.6 Å². The highest BCUT2D eigenvalue weighted by molar-refractivity contribution is 7.14. The fourth-order valence-corrected chi connectivity index (χ4v) is 3.90. The van der Waals surface area contributed by atoms with Crippen molar-refractivity contribution in [3.8, 4) is 0 Å². The lowest BCUT2D eigenvalue weighted by atomic mass is 9.73. The van der Waals surface area contributed by atoms with Gasteiger partial charge in [-0.3, -0.25) is 0 Å². The highest BCUT2D eigenvalue weighted by atomic mass is 32.1. The average Bonchev–Trinajstić information content (AvgIpc) is 2.54. The number of rotatable bonds is 3. The summed E-state index contributed by atoms with van der Waals surface area (Å²) in [5.41, 5.74) is 3.79. The molecule has 0 aliphatic carbocycles. The van der Waals surface area contributed by atoms with Crippen LogP contribution in [0.3, 0.4) is 0 Å². The number of aryl methyl sites for hydroxylation is 1. The Hall–Kier alpha value is -0.610. The van der Waals surface area contributed by atoms with Gasteiger partial charge in [-0.25, -0.2) is 4.98 Å². The molecule has 88 valence electrons. The predicted octanol–water partition coefficient (Wildman–Crippen LogP) is 1.98. The van der Waals surface area contributed by atoms with Crippen molar-refractivity contribution in [1.29, 1.82) is 0 Å². The summed E-state index contributed by atoms with van der Waals surface area (Å²) in [6, 6.07) is 0. The molecule has 2 fully saturated rings. The van der Waals surface area contributed by atoms with E-state index in [2.05, 4.69) is 28.6 Å². The molecule has 0 saturated carbocycles.